The highest BCUT2D eigenvalue weighted by atomic mass is 31.2. The molecule has 8 rings (SSSR count). The van der Waals surface area contributed by atoms with E-state index in [1.165, 1.54) is 0 Å². The van der Waals surface area contributed by atoms with E-state index in [9.17, 15) is 32.9 Å². The molecule has 0 heterocycles. The van der Waals surface area contributed by atoms with Gasteiger partial charge in [0.1, 0.15) is 0 Å². The van der Waals surface area contributed by atoms with Gasteiger partial charge in [0, 0.05) is 43.5 Å². The van der Waals surface area contributed by atoms with E-state index in [2.05, 4.69) is 0 Å². The largest absolute Gasteiger partial charge is 0.320 e. The van der Waals surface area contributed by atoms with Gasteiger partial charge in [-0.3, -0.25) is 23.7 Å². The third-order valence-corrected chi connectivity index (χ3v) is 21.3. The predicted octanol–water partition coefficient (Wildman–Crippen LogP) is 15.4. The molecule has 8 nitrogen and oxygen atoms in total. The summed E-state index contributed by atoms with van der Waals surface area (Å²) in [6.45, 7) is 24.7. The van der Waals surface area contributed by atoms with Crippen molar-refractivity contribution in [3.63, 3.8) is 0 Å². The highest BCUT2D eigenvalue weighted by molar-refractivity contribution is 8.01. The number of aryl methyl sites for hydroxylation is 12. The molecule has 0 N–H and O–H groups in total. The van der Waals surface area contributed by atoms with Gasteiger partial charge in [-0.2, -0.15) is 0 Å². The number of carbonyl (C=O) groups excluding carboxylic acids is 4. The van der Waals surface area contributed by atoms with Gasteiger partial charge in [-0.05, 0) is 147 Å². The normalized spacial score (nSPS) is 12.0. The molecule has 0 fully saturated rings. The van der Waals surface area contributed by atoms with Crippen LogP contribution in [0.25, 0.3) is 0 Å². The number of hydrogen-bond acceptors (Lipinski definition) is 8. The van der Waals surface area contributed by atoms with Crippen molar-refractivity contribution in [1.82, 2.24) is 0 Å². The zero-order valence-corrected chi connectivity index (χ0v) is 49.2. The van der Waals surface area contributed by atoms with E-state index < -0.39 is 38.2 Å². The van der Waals surface area contributed by atoms with Crippen molar-refractivity contribution in [2.75, 3.05) is 6.61 Å². The molecule has 0 amide bonds. The smallest absolute Gasteiger partial charge is 0.300 e. The van der Waals surface area contributed by atoms with Crippen LogP contribution in [0.5, 0.6) is 0 Å². The Hall–Kier alpha value is -6.91. The molecule has 0 saturated heterocycles. The second-order valence-electron chi connectivity index (χ2n) is 19.8. The third kappa shape index (κ3) is 12.6. The van der Waals surface area contributed by atoms with Gasteiger partial charge < -0.3 is 13.7 Å². The maximum Gasteiger partial charge on any atom is 0.300 e. The van der Waals surface area contributed by atoms with Crippen molar-refractivity contribution in [2.24, 2.45) is 0 Å². The van der Waals surface area contributed by atoms with E-state index in [1.807, 2.05) is 174 Å². The Kier molecular flexibility index (Phi) is 19.3. The SMILES string of the molecule is CCOP(=O)(C(=O)c1c(C)cc(C)cc1C)c1ccccc1.Cc1cc(C)c(C(=O)P(=O)(C(=O)c2c(C)cc(C)cc2C)c2ccccc2)c(C)c1.Cc1cc(C)c(C(=O)P(=O)(c2ccccc2)c2ccccc2)c(C)c1. The average molecular weight is 1080 g/mol. The van der Waals surface area contributed by atoms with E-state index in [4.69, 9.17) is 4.52 Å². The lowest BCUT2D eigenvalue weighted by atomic mass is 10.0. The first-order valence-electron chi connectivity index (χ1n) is 25.6. The van der Waals surface area contributed by atoms with Gasteiger partial charge in [-0.1, -0.05) is 180 Å². The predicted molar refractivity (Wildman–Crippen MR) is 319 cm³/mol. The quantitative estimate of drug-likeness (QED) is 0.0985. The first-order valence-corrected chi connectivity index (χ1v) is 30.6. The number of benzene rings is 8. The van der Waals surface area contributed by atoms with Crippen molar-refractivity contribution in [1.29, 1.82) is 0 Å². The van der Waals surface area contributed by atoms with Crippen LogP contribution >= 0.6 is 21.7 Å². The number of carbonyl (C=O) groups is 4. The zero-order chi connectivity index (χ0) is 56.6. The molecule has 77 heavy (non-hydrogen) atoms. The van der Waals surface area contributed by atoms with Crippen molar-refractivity contribution in [3.8, 4) is 0 Å². The minimum atomic E-state index is -4.11. The molecule has 396 valence electrons. The number of hydrogen-bond donors (Lipinski definition) is 0. The van der Waals surface area contributed by atoms with Gasteiger partial charge in [0.05, 0.1) is 6.61 Å². The summed E-state index contributed by atoms with van der Waals surface area (Å²) in [5.74, 6) is 0. The van der Waals surface area contributed by atoms with E-state index in [0.29, 0.717) is 38.2 Å². The van der Waals surface area contributed by atoms with Gasteiger partial charge in [0.2, 0.25) is 30.9 Å². The molecule has 8 aromatic carbocycles. The third-order valence-electron chi connectivity index (χ3n) is 13.5. The fourth-order valence-corrected chi connectivity index (χ4v) is 17.6. The summed E-state index contributed by atoms with van der Waals surface area (Å²) < 4.78 is 47.5. The van der Waals surface area contributed by atoms with Crippen LogP contribution < -0.4 is 21.2 Å². The second-order valence-corrected chi connectivity index (χ2v) is 27.3. The molecule has 0 radical (unpaired) electrons. The zero-order valence-electron chi connectivity index (χ0n) is 46.5. The van der Waals surface area contributed by atoms with Crippen LogP contribution in [0.2, 0.25) is 0 Å². The lowest BCUT2D eigenvalue weighted by Crippen LogP contribution is -2.23. The Balaban J connectivity index is 0.000000190. The standard InChI is InChI=1S/C26H27O3P.C22H21O2P.C18H21O3P/c1-16-12-18(3)23(19(4)13-16)25(27)30(29,22-10-8-7-9-11-22)26(28)24-20(5)14-17(2)15-21(24)6;1-16-14-17(2)21(18(3)15-16)22(23)25(24,19-10-6-4-7-11-19)20-12-8-5-9-13-20;1-5-21-22(20,16-9-7-6-8-10-16)18(19)17-14(3)11-13(2)12-15(17)4/h7-15H,1-6H3;4-15H,1-3H3;6-12H,5H2,1-4H3. The minimum absolute atomic E-state index is 0.224. The minimum Gasteiger partial charge on any atom is -0.320 e. The summed E-state index contributed by atoms with van der Waals surface area (Å²) in [5.41, 5.74) is 10.5. The monoisotopic (exact) mass is 1080 g/mol. The van der Waals surface area contributed by atoms with Crippen molar-refractivity contribution in [2.45, 2.75) is 90.0 Å². The van der Waals surface area contributed by atoms with Crippen LogP contribution in [-0.2, 0) is 18.2 Å². The molecular weight excluding hydrogens is 1010 g/mol. The second kappa shape index (κ2) is 25.0. The van der Waals surface area contributed by atoms with E-state index in [1.54, 1.807) is 85.8 Å². The van der Waals surface area contributed by atoms with E-state index >= 15 is 0 Å². The van der Waals surface area contributed by atoms with Crippen LogP contribution in [0, 0.1) is 83.1 Å². The lowest BCUT2D eigenvalue weighted by molar-refractivity contribution is 0.103. The van der Waals surface area contributed by atoms with Crippen LogP contribution in [0.3, 0.4) is 0 Å². The van der Waals surface area contributed by atoms with Gasteiger partial charge in [0.25, 0.3) is 5.52 Å². The van der Waals surface area contributed by atoms with Gasteiger partial charge in [0.15, 0.2) is 0 Å². The van der Waals surface area contributed by atoms with E-state index in [0.717, 1.165) is 66.8 Å². The maximum absolute atomic E-state index is 14.5. The summed E-state index contributed by atoms with van der Waals surface area (Å²) >= 11 is 0. The summed E-state index contributed by atoms with van der Waals surface area (Å²) in [4.78, 5) is 54.3. The molecule has 0 aliphatic rings. The lowest BCUT2D eigenvalue weighted by Gasteiger charge is -2.21. The molecule has 8 aromatic rings. The van der Waals surface area contributed by atoms with Crippen LogP contribution in [0.1, 0.15) is 115 Å². The molecule has 1 atom stereocenters. The first-order chi connectivity index (χ1) is 36.4. The molecule has 0 saturated carbocycles. The topological polar surface area (TPSA) is 129 Å². The Labute approximate surface area is 455 Å². The molecule has 0 aliphatic heterocycles. The Bertz CT molecular complexity index is 3450. The van der Waals surface area contributed by atoms with Crippen LogP contribution in [0.4, 0.5) is 0 Å². The Morgan fingerprint density at radius 1 is 0.325 bits per heavy atom. The highest BCUT2D eigenvalue weighted by Crippen LogP contribution is 2.53. The molecule has 11 heteroatoms. The summed E-state index contributed by atoms with van der Waals surface area (Å²) in [7, 11) is -11.2. The summed E-state index contributed by atoms with van der Waals surface area (Å²) in [6.07, 6.45) is 0. The Morgan fingerprint density at radius 3 is 0.831 bits per heavy atom. The van der Waals surface area contributed by atoms with Gasteiger partial charge >= 0.3 is 7.37 Å². The van der Waals surface area contributed by atoms with Crippen LogP contribution in [-0.4, -0.2) is 28.7 Å². The first kappa shape index (κ1) is 59.3. The fraction of sp³-hybridized carbons (Fsp3) is 0.212. The molecule has 0 aromatic heterocycles. The molecule has 0 spiro atoms. The number of rotatable bonds is 14. The van der Waals surface area contributed by atoms with Crippen LogP contribution in [0.15, 0.2) is 170 Å². The van der Waals surface area contributed by atoms with E-state index in [-0.39, 0.29) is 17.4 Å². The summed E-state index contributed by atoms with van der Waals surface area (Å²) in [5, 5.41) is 1.87. The van der Waals surface area contributed by atoms with Crippen molar-refractivity contribution >= 4 is 65.0 Å². The molecule has 0 bridgehead atoms. The summed E-state index contributed by atoms with van der Waals surface area (Å²) in [6, 6.07) is 50.7. The molecule has 0 aliphatic carbocycles. The maximum atomic E-state index is 14.5. The van der Waals surface area contributed by atoms with Crippen molar-refractivity contribution in [3.05, 3.63) is 259 Å². The Morgan fingerprint density at radius 2 is 0.558 bits per heavy atom. The van der Waals surface area contributed by atoms with Crippen molar-refractivity contribution < 1.29 is 37.4 Å². The van der Waals surface area contributed by atoms with Gasteiger partial charge in [-0.15, -0.1) is 0 Å². The van der Waals surface area contributed by atoms with Gasteiger partial charge in [-0.25, -0.2) is 0 Å². The molecular formula is C66H69O8P3. The molecule has 1 unspecified atom stereocenters. The highest BCUT2D eigenvalue weighted by Gasteiger charge is 2.45. The average Bonchev–Trinajstić information content (AvgIpc) is 3.39. The fourth-order valence-electron chi connectivity index (χ4n) is 10.4.